The largest absolute Gasteiger partial charge is 0.370 e. The summed E-state index contributed by atoms with van der Waals surface area (Å²) >= 11 is 3.63. The zero-order chi connectivity index (χ0) is 13.6. The molecule has 1 aromatic carbocycles. The third-order valence-electron chi connectivity index (χ3n) is 5.01. The van der Waals surface area contributed by atoms with E-state index in [4.69, 9.17) is 4.74 Å². The normalized spacial score (nSPS) is 24.9. The summed E-state index contributed by atoms with van der Waals surface area (Å²) < 4.78 is 9.95. The van der Waals surface area contributed by atoms with E-state index in [2.05, 4.69) is 51.0 Å². The molecule has 2 aliphatic rings. The summed E-state index contributed by atoms with van der Waals surface area (Å²) in [6, 6.07) is 8.60. The standard InChI is InChI=1S/C17H20BrNO/c18-15-4-3-5-16-14(15)7-11-19(16)12-13-6-10-17(20-13)8-1-2-9-17/h3-5,7,11,13H,1-2,6,8-10,12H2. The molecule has 0 radical (unpaired) electrons. The van der Waals surface area contributed by atoms with E-state index in [-0.39, 0.29) is 5.60 Å². The van der Waals surface area contributed by atoms with Crippen molar-refractivity contribution in [2.75, 3.05) is 0 Å². The molecule has 2 heterocycles. The highest BCUT2D eigenvalue weighted by molar-refractivity contribution is 9.10. The summed E-state index contributed by atoms with van der Waals surface area (Å²) in [4.78, 5) is 0. The quantitative estimate of drug-likeness (QED) is 0.762. The number of benzene rings is 1. The molecular formula is C17H20BrNO. The van der Waals surface area contributed by atoms with Crippen LogP contribution in [0.2, 0.25) is 0 Å². The Kier molecular flexibility index (Phi) is 3.15. The van der Waals surface area contributed by atoms with Crippen LogP contribution < -0.4 is 0 Å². The molecule has 20 heavy (non-hydrogen) atoms. The van der Waals surface area contributed by atoms with Crippen LogP contribution in [0, 0.1) is 0 Å². The molecule has 2 fully saturated rings. The average molecular weight is 334 g/mol. The first-order valence-electron chi connectivity index (χ1n) is 7.67. The van der Waals surface area contributed by atoms with Crippen molar-refractivity contribution < 1.29 is 4.74 Å². The molecule has 0 N–H and O–H groups in total. The third-order valence-corrected chi connectivity index (χ3v) is 5.71. The van der Waals surface area contributed by atoms with Crippen LogP contribution in [-0.4, -0.2) is 16.3 Å². The van der Waals surface area contributed by atoms with Gasteiger partial charge in [0.1, 0.15) is 0 Å². The zero-order valence-electron chi connectivity index (χ0n) is 11.6. The lowest BCUT2D eigenvalue weighted by Gasteiger charge is -2.24. The molecule has 1 unspecified atom stereocenters. The van der Waals surface area contributed by atoms with E-state index in [0.717, 1.165) is 6.54 Å². The molecule has 0 bridgehead atoms. The van der Waals surface area contributed by atoms with Crippen molar-refractivity contribution in [3.63, 3.8) is 0 Å². The van der Waals surface area contributed by atoms with E-state index in [0.29, 0.717) is 6.10 Å². The first kappa shape index (κ1) is 12.9. The second-order valence-electron chi connectivity index (χ2n) is 6.31. The summed E-state index contributed by atoms with van der Waals surface area (Å²) in [5, 5.41) is 1.29. The maximum Gasteiger partial charge on any atom is 0.0762 e. The van der Waals surface area contributed by atoms with Crippen molar-refractivity contribution in [1.82, 2.24) is 4.57 Å². The van der Waals surface area contributed by atoms with E-state index in [1.54, 1.807) is 0 Å². The minimum absolute atomic E-state index is 0.244. The zero-order valence-corrected chi connectivity index (χ0v) is 13.2. The third kappa shape index (κ3) is 2.11. The number of rotatable bonds is 2. The second-order valence-corrected chi connectivity index (χ2v) is 7.16. The number of nitrogens with zero attached hydrogens (tertiary/aromatic N) is 1. The topological polar surface area (TPSA) is 14.2 Å². The minimum atomic E-state index is 0.244. The van der Waals surface area contributed by atoms with Gasteiger partial charge in [-0.1, -0.05) is 34.8 Å². The highest BCUT2D eigenvalue weighted by Crippen LogP contribution is 2.43. The van der Waals surface area contributed by atoms with Gasteiger partial charge in [-0.15, -0.1) is 0 Å². The molecular weight excluding hydrogens is 314 g/mol. The maximum absolute atomic E-state index is 6.43. The summed E-state index contributed by atoms with van der Waals surface area (Å²) in [7, 11) is 0. The number of halogens is 1. The number of aromatic nitrogens is 1. The van der Waals surface area contributed by atoms with Gasteiger partial charge < -0.3 is 9.30 Å². The monoisotopic (exact) mass is 333 g/mol. The van der Waals surface area contributed by atoms with E-state index in [1.807, 2.05) is 0 Å². The van der Waals surface area contributed by atoms with Gasteiger partial charge in [0.05, 0.1) is 11.7 Å². The van der Waals surface area contributed by atoms with Gasteiger partial charge in [0, 0.05) is 28.1 Å². The predicted octanol–water partition coefficient (Wildman–Crippen LogP) is 4.90. The summed E-state index contributed by atoms with van der Waals surface area (Å²) in [5.74, 6) is 0. The fourth-order valence-corrected chi connectivity index (χ4v) is 4.46. The molecule has 1 spiro atoms. The van der Waals surface area contributed by atoms with Gasteiger partial charge >= 0.3 is 0 Å². The Labute approximate surface area is 128 Å². The van der Waals surface area contributed by atoms with E-state index >= 15 is 0 Å². The SMILES string of the molecule is Brc1cccc2c1ccn2CC1CCC2(CCCC2)O1. The first-order chi connectivity index (χ1) is 9.76. The van der Waals surface area contributed by atoms with E-state index in [9.17, 15) is 0 Å². The smallest absolute Gasteiger partial charge is 0.0762 e. The second kappa shape index (κ2) is 4.88. The molecule has 1 aliphatic carbocycles. The summed E-state index contributed by atoms with van der Waals surface area (Å²) in [6.07, 6.45) is 10.3. The van der Waals surface area contributed by atoms with Crippen molar-refractivity contribution in [3.8, 4) is 0 Å². The van der Waals surface area contributed by atoms with Crippen molar-refractivity contribution in [3.05, 3.63) is 34.9 Å². The van der Waals surface area contributed by atoms with Gasteiger partial charge in [0.25, 0.3) is 0 Å². The van der Waals surface area contributed by atoms with Crippen molar-refractivity contribution >= 4 is 26.8 Å². The highest BCUT2D eigenvalue weighted by atomic mass is 79.9. The predicted molar refractivity (Wildman–Crippen MR) is 84.9 cm³/mol. The number of ether oxygens (including phenoxy) is 1. The fraction of sp³-hybridized carbons (Fsp3) is 0.529. The van der Waals surface area contributed by atoms with E-state index in [1.165, 1.54) is 53.9 Å². The lowest BCUT2D eigenvalue weighted by atomic mass is 9.98. The van der Waals surface area contributed by atoms with Crippen LogP contribution in [0.25, 0.3) is 10.9 Å². The molecule has 4 rings (SSSR count). The molecule has 1 saturated heterocycles. The van der Waals surface area contributed by atoms with Crippen LogP contribution in [0.3, 0.4) is 0 Å². The van der Waals surface area contributed by atoms with Crippen molar-refractivity contribution in [2.45, 2.75) is 56.8 Å². The van der Waals surface area contributed by atoms with Crippen LogP contribution in [0.1, 0.15) is 38.5 Å². The number of fused-ring (bicyclic) bond motifs is 1. The van der Waals surface area contributed by atoms with Gasteiger partial charge in [-0.2, -0.15) is 0 Å². The van der Waals surface area contributed by atoms with Gasteiger partial charge in [0.15, 0.2) is 0 Å². The van der Waals surface area contributed by atoms with Crippen molar-refractivity contribution in [1.29, 1.82) is 0 Å². The number of hydrogen-bond donors (Lipinski definition) is 0. The molecule has 1 atom stereocenters. The fourth-order valence-electron chi connectivity index (χ4n) is 3.98. The van der Waals surface area contributed by atoms with Crippen LogP contribution in [0.4, 0.5) is 0 Å². The molecule has 0 amide bonds. The molecule has 1 aromatic heterocycles. The van der Waals surface area contributed by atoms with Crippen LogP contribution in [0.5, 0.6) is 0 Å². The average Bonchev–Trinajstić information content (AvgIpc) is 3.15. The molecule has 2 nitrogen and oxygen atoms in total. The van der Waals surface area contributed by atoms with Crippen molar-refractivity contribution in [2.24, 2.45) is 0 Å². The Hall–Kier alpha value is -0.800. The molecule has 106 valence electrons. The lowest BCUT2D eigenvalue weighted by molar-refractivity contribution is -0.0414. The summed E-state index contributed by atoms with van der Waals surface area (Å²) in [6.45, 7) is 0.988. The Morgan fingerprint density at radius 1 is 1.20 bits per heavy atom. The number of hydrogen-bond acceptors (Lipinski definition) is 1. The summed E-state index contributed by atoms with van der Waals surface area (Å²) in [5.41, 5.74) is 1.55. The lowest BCUT2D eigenvalue weighted by Crippen LogP contribution is -2.26. The van der Waals surface area contributed by atoms with Gasteiger partial charge in [-0.25, -0.2) is 0 Å². The van der Waals surface area contributed by atoms with Gasteiger partial charge in [-0.3, -0.25) is 0 Å². The molecule has 1 aliphatic heterocycles. The van der Waals surface area contributed by atoms with E-state index < -0.39 is 0 Å². The van der Waals surface area contributed by atoms with Crippen LogP contribution in [-0.2, 0) is 11.3 Å². The molecule has 2 aromatic rings. The Morgan fingerprint density at radius 3 is 2.90 bits per heavy atom. The Balaban J connectivity index is 1.55. The molecule has 3 heteroatoms. The maximum atomic E-state index is 6.43. The first-order valence-corrected chi connectivity index (χ1v) is 8.46. The van der Waals surface area contributed by atoms with Crippen LogP contribution >= 0.6 is 15.9 Å². The Bertz CT molecular complexity index is 627. The van der Waals surface area contributed by atoms with Crippen LogP contribution in [0.15, 0.2) is 34.9 Å². The minimum Gasteiger partial charge on any atom is -0.370 e. The Morgan fingerprint density at radius 2 is 2.05 bits per heavy atom. The van der Waals surface area contributed by atoms with Gasteiger partial charge in [0.2, 0.25) is 0 Å². The van der Waals surface area contributed by atoms with Gasteiger partial charge in [-0.05, 0) is 43.9 Å². The molecule has 1 saturated carbocycles. The highest BCUT2D eigenvalue weighted by Gasteiger charge is 2.42.